The second kappa shape index (κ2) is 10.9. The van der Waals surface area contributed by atoms with E-state index in [1.54, 1.807) is 0 Å². The highest BCUT2D eigenvalue weighted by Gasteiger charge is 2.19. The molecular formula is C43H37NO. The molecule has 2 nitrogen and oxygen atoms in total. The van der Waals surface area contributed by atoms with E-state index >= 15 is 0 Å². The summed E-state index contributed by atoms with van der Waals surface area (Å²) in [7, 11) is 0. The van der Waals surface area contributed by atoms with Crippen molar-refractivity contribution in [1.29, 1.82) is 0 Å². The first-order chi connectivity index (χ1) is 21.9. The minimum absolute atomic E-state index is 0.0431. The van der Waals surface area contributed by atoms with Crippen LogP contribution in [0.15, 0.2) is 126 Å². The maximum atomic E-state index is 6.75. The summed E-state index contributed by atoms with van der Waals surface area (Å²) in [6, 6.07) is 42.6. The Morgan fingerprint density at radius 2 is 1.11 bits per heavy atom. The maximum absolute atomic E-state index is 6.75. The number of aromatic nitrogens is 1. The zero-order valence-corrected chi connectivity index (χ0v) is 26.2. The standard InChI is InChI=1S/C43H37NO/c1-43(2,3)34-24-25-44-40(27-34)38-9-5-8-37-36-7-4-6-35(41(36)45-42(37)38)31-20-22-33(23-21-31)39-26-30-15-14-28-10-12-29(13-11-28)16-18-32(39)19-17-30/h4-13,17,19-27H,14-16,18H2,1-3H3. The van der Waals surface area contributed by atoms with Crippen molar-refractivity contribution in [2.45, 2.75) is 51.9 Å². The van der Waals surface area contributed by atoms with E-state index in [1.165, 1.54) is 38.9 Å². The molecular weight excluding hydrogens is 546 g/mol. The van der Waals surface area contributed by atoms with Crippen molar-refractivity contribution in [3.8, 4) is 33.5 Å². The van der Waals surface area contributed by atoms with Gasteiger partial charge in [0.15, 0.2) is 0 Å². The van der Waals surface area contributed by atoms with Gasteiger partial charge < -0.3 is 4.42 Å². The second-order valence-corrected chi connectivity index (χ2v) is 13.5. The van der Waals surface area contributed by atoms with Gasteiger partial charge in [-0.05, 0) is 93.8 Å². The van der Waals surface area contributed by atoms with Crippen molar-refractivity contribution in [3.05, 3.63) is 149 Å². The van der Waals surface area contributed by atoms with E-state index < -0.39 is 0 Å². The van der Waals surface area contributed by atoms with Crippen molar-refractivity contribution in [2.75, 3.05) is 0 Å². The molecule has 2 heteroatoms. The molecule has 4 aliphatic carbocycles. The Kier molecular flexibility index (Phi) is 6.68. The molecule has 0 amide bonds. The molecule has 2 heterocycles. The average Bonchev–Trinajstić information content (AvgIpc) is 3.45. The van der Waals surface area contributed by atoms with Crippen LogP contribution in [-0.4, -0.2) is 4.98 Å². The summed E-state index contributed by atoms with van der Waals surface area (Å²) in [4.78, 5) is 4.76. The summed E-state index contributed by atoms with van der Waals surface area (Å²) < 4.78 is 6.75. The molecule has 0 N–H and O–H groups in total. The van der Waals surface area contributed by atoms with E-state index in [9.17, 15) is 0 Å². The molecule has 2 aromatic heterocycles. The highest BCUT2D eigenvalue weighted by Crippen LogP contribution is 2.40. The van der Waals surface area contributed by atoms with Gasteiger partial charge >= 0.3 is 0 Å². The molecule has 0 spiro atoms. The third-order valence-corrected chi connectivity index (χ3v) is 9.52. The van der Waals surface area contributed by atoms with Crippen LogP contribution in [0.2, 0.25) is 0 Å². The molecule has 4 bridgehead atoms. The summed E-state index contributed by atoms with van der Waals surface area (Å²) in [6.45, 7) is 6.71. The number of para-hydroxylation sites is 2. The van der Waals surface area contributed by atoms with Gasteiger partial charge in [-0.3, -0.25) is 4.98 Å². The molecule has 0 saturated carbocycles. The number of fused-ring (bicyclic) bond motifs is 3. The number of nitrogens with zero attached hydrogens (tertiary/aromatic N) is 1. The molecule has 0 atom stereocenters. The summed E-state index contributed by atoms with van der Waals surface area (Å²) in [5.41, 5.74) is 15.6. The molecule has 7 aromatic rings. The molecule has 0 fully saturated rings. The Labute approximate surface area is 265 Å². The van der Waals surface area contributed by atoms with Gasteiger partial charge in [-0.15, -0.1) is 0 Å². The molecule has 4 aliphatic rings. The number of hydrogen-bond donors (Lipinski definition) is 0. The van der Waals surface area contributed by atoms with Crippen molar-refractivity contribution in [3.63, 3.8) is 0 Å². The minimum atomic E-state index is 0.0431. The largest absolute Gasteiger partial charge is 0.455 e. The van der Waals surface area contributed by atoms with E-state index in [4.69, 9.17) is 9.40 Å². The van der Waals surface area contributed by atoms with Gasteiger partial charge in [0.25, 0.3) is 0 Å². The van der Waals surface area contributed by atoms with Crippen LogP contribution in [0, 0.1) is 0 Å². The topological polar surface area (TPSA) is 26.0 Å². The number of aryl methyl sites for hydroxylation is 4. The SMILES string of the molecule is CC(C)(C)c1ccnc(-c2cccc3c2oc2c(-c4ccc(-c5cc6ccc5CCc5ccc(cc5)CC6)cc4)cccc23)c1. The van der Waals surface area contributed by atoms with Gasteiger partial charge in [-0.25, -0.2) is 0 Å². The number of benzene rings is 5. The number of rotatable bonds is 3. The molecule has 0 aliphatic heterocycles. The van der Waals surface area contributed by atoms with Gasteiger partial charge in [-0.2, -0.15) is 0 Å². The monoisotopic (exact) mass is 583 g/mol. The van der Waals surface area contributed by atoms with Crippen LogP contribution in [0.1, 0.15) is 48.6 Å². The minimum Gasteiger partial charge on any atom is -0.455 e. The van der Waals surface area contributed by atoms with Gasteiger partial charge in [0, 0.05) is 28.1 Å². The van der Waals surface area contributed by atoms with Crippen molar-refractivity contribution >= 4 is 21.9 Å². The first kappa shape index (κ1) is 27.6. The second-order valence-electron chi connectivity index (χ2n) is 13.5. The normalized spacial score (nSPS) is 13.3. The Balaban J connectivity index is 1.18. The Morgan fingerprint density at radius 1 is 0.533 bits per heavy atom. The molecule has 220 valence electrons. The van der Waals surface area contributed by atoms with E-state index in [-0.39, 0.29) is 5.41 Å². The summed E-state index contributed by atoms with van der Waals surface area (Å²) in [6.07, 6.45) is 6.12. The average molecular weight is 584 g/mol. The highest BCUT2D eigenvalue weighted by molar-refractivity contribution is 6.12. The van der Waals surface area contributed by atoms with Crippen LogP contribution in [-0.2, 0) is 31.1 Å². The predicted molar refractivity (Wildman–Crippen MR) is 188 cm³/mol. The first-order valence-electron chi connectivity index (χ1n) is 16.1. The molecule has 5 aromatic carbocycles. The van der Waals surface area contributed by atoms with Crippen molar-refractivity contribution in [1.82, 2.24) is 4.98 Å². The quantitative estimate of drug-likeness (QED) is 0.207. The smallest absolute Gasteiger partial charge is 0.144 e. The maximum Gasteiger partial charge on any atom is 0.144 e. The van der Waals surface area contributed by atoms with Gasteiger partial charge in [-0.1, -0.05) is 118 Å². The van der Waals surface area contributed by atoms with E-state index in [0.717, 1.165) is 70.0 Å². The van der Waals surface area contributed by atoms with Crippen LogP contribution in [0.5, 0.6) is 0 Å². The summed E-state index contributed by atoms with van der Waals surface area (Å²) >= 11 is 0. The van der Waals surface area contributed by atoms with Crippen LogP contribution < -0.4 is 0 Å². The van der Waals surface area contributed by atoms with Crippen LogP contribution in [0.3, 0.4) is 0 Å². The summed E-state index contributed by atoms with van der Waals surface area (Å²) in [5, 5.41) is 2.25. The molecule has 0 saturated heterocycles. The lowest BCUT2D eigenvalue weighted by molar-refractivity contribution is 0.589. The van der Waals surface area contributed by atoms with E-state index in [1.807, 2.05) is 6.20 Å². The zero-order chi connectivity index (χ0) is 30.5. The molecule has 11 rings (SSSR count). The van der Waals surface area contributed by atoms with E-state index in [0.29, 0.717) is 0 Å². The van der Waals surface area contributed by atoms with Crippen molar-refractivity contribution < 1.29 is 4.42 Å². The Bertz CT molecular complexity index is 2180. The lowest BCUT2D eigenvalue weighted by Gasteiger charge is -2.19. The zero-order valence-electron chi connectivity index (χ0n) is 26.2. The highest BCUT2D eigenvalue weighted by atomic mass is 16.3. The van der Waals surface area contributed by atoms with Crippen LogP contribution in [0.25, 0.3) is 55.4 Å². The number of furan rings is 1. The fourth-order valence-electron chi connectivity index (χ4n) is 6.83. The molecule has 45 heavy (non-hydrogen) atoms. The van der Waals surface area contributed by atoms with Crippen LogP contribution in [0.4, 0.5) is 0 Å². The fraction of sp³-hybridized carbons (Fsp3) is 0.186. The lowest BCUT2D eigenvalue weighted by Crippen LogP contribution is -2.11. The molecule has 0 radical (unpaired) electrons. The molecule has 0 unspecified atom stereocenters. The summed E-state index contributed by atoms with van der Waals surface area (Å²) in [5.74, 6) is 0. The number of hydrogen-bond acceptors (Lipinski definition) is 2. The third-order valence-electron chi connectivity index (χ3n) is 9.52. The Morgan fingerprint density at radius 3 is 1.80 bits per heavy atom. The fourth-order valence-corrected chi connectivity index (χ4v) is 6.83. The predicted octanol–water partition coefficient (Wildman–Crippen LogP) is 11.2. The van der Waals surface area contributed by atoms with Crippen molar-refractivity contribution in [2.24, 2.45) is 0 Å². The van der Waals surface area contributed by atoms with Crippen LogP contribution >= 0.6 is 0 Å². The van der Waals surface area contributed by atoms with E-state index in [2.05, 4.69) is 136 Å². The first-order valence-corrected chi connectivity index (χ1v) is 16.1. The van der Waals surface area contributed by atoms with Gasteiger partial charge in [0.2, 0.25) is 0 Å². The number of pyridine rings is 1. The van der Waals surface area contributed by atoms with Gasteiger partial charge in [0.05, 0.1) is 5.69 Å². The Hall–Kier alpha value is -4.95. The lowest BCUT2D eigenvalue weighted by atomic mass is 9.87. The third kappa shape index (κ3) is 5.15. The van der Waals surface area contributed by atoms with Gasteiger partial charge in [0.1, 0.15) is 11.2 Å².